The van der Waals surface area contributed by atoms with E-state index in [0.717, 1.165) is 35.6 Å². The molecule has 0 unspecified atom stereocenters. The lowest BCUT2D eigenvalue weighted by atomic mass is 9.99. The SMILES string of the molecule is CCCCCCCCC(=O)Oc1ccc2cc(C(=O)CCC(C)C)ccc2c1. The van der Waals surface area contributed by atoms with E-state index >= 15 is 0 Å². The summed E-state index contributed by atoms with van der Waals surface area (Å²) in [5.74, 6) is 1.11. The van der Waals surface area contributed by atoms with E-state index in [2.05, 4.69) is 20.8 Å². The highest BCUT2D eigenvalue weighted by Crippen LogP contribution is 2.24. The fourth-order valence-corrected chi connectivity index (χ4v) is 3.26. The third kappa shape index (κ3) is 7.46. The molecule has 0 atom stereocenters. The van der Waals surface area contributed by atoms with Gasteiger partial charge in [-0.2, -0.15) is 0 Å². The van der Waals surface area contributed by atoms with E-state index in [9.17, 15) is 9.59 Å². The summed E-state index contributed by atoms with van der Waals surface area (Å²) in [6, 6.07) is 11.3. The van der Waals surface area contributed by atoms with Crippen molar-refractivity contribution in [1.29, 1.82) is 0 Å². The van der Waals surface area contributed by atoms with E-state index < -0.39 is 0 Å². The first-order valence-corrected chi connectivity index (χ1v) is 10.8. The quantitative estimate of drug-likeness (QED) is 0.170. The molecule has 0 radical (unpaired) electrons. The van der Waals surface area contributed by atoms with E-state index in [-0.39, 0.29) is 11.8 Å². The van der Waals surface area contributed by atoms with Crippen molar-refractivity contribution >= 4 is 22.5 Å². The van der Waals surface area contributed by atoms with E-state index in [4.69, 9.17) is 4.74 Å². The maximum Gasteiger partial charge on any atom is 0.311 e. The highest BCUT2D eigenvalue weighted by Gasteiger charge is 2.09. The van der Waals surface area contributed by atoms with Gasteiger partial charge in [-0.3, -0.25) is 9.59 Å². The second kappa shape index (κ2) is 11.6. The standard InChI is InChI=1S/C25H34O3/c1-4-5-6-7-8-9-10-25(27)28-23-15-14-20-17-22(13-12-21(20)18-23)24(26)16-11-19(2)3/h12-15,17-19H,4-11,16H2,1-3H3. The second-order valence-corrected chi connectivity index (χ2v) is 8.07. The number of benzene rings is 2. The fraction of sp³-hybridized carbons (Fsp3) is 0.520. The van der Waals surface area contributed by atoms with Gasteiger partial charge in [-0.05, 0) is 47.7 Å². The van der Waals surface area contributed by atoms with Crippen LogP contribution in [-0.4, -0.2) is 11.8 Å². The van der Waals surface area contributed by atoms with Gasteiger partial charge in [-0.15, -0.1) is 0 Å². The zero-order valence-corrected chi connectivity index (χ0v) is 17.6. The lowest BCUT2D eigenvalue weighted by Crippen LogP contribution is -2.07. The Labute approximate surface area is 169 Å². The van der Waals surface area contributed by atoms with Gasteiger partial charge in [0.05, 0.1) is 0 Å². The van der Waals surface area contributed by atoms with E-state index in [0.29, 0.717) is 24.5 Å². The lowest BCUT2D eigenvalue weighted by Gasteiger charge is -2.08. The van der Waals surface area contributed by atoms with Gasteiger partial charge >= 0.3 is 5.97 Å². The van der Waals surface area contributed by atoms with Gasteiger partial charge < -0.3 is 4.74 Å². The Morgan fingerprint density at radius 3 is 2.29 bits per heavy atom. The molecule has 2 aromatic carbocycles. The van der Waals surface area contributed by atoms with Gasteiger partial charge in [0.2, 0.25) is 0 Å². The first kappa shape index (κ1) is 22.1. The molecule has 0 fully saturated rings. The van der Waals surface area contributed by atoms with Crippen molar-refractivity contribution in [1.82, 2.24) is 0 Å². The molecule has 0 aliphatic rings. The zero-order chi connectivity index (χ0) is 20.4. The Morgan fingerprint density at radius 1 is 0.857 bits per heavy atom. The molecule has 0 saturated heterocycles. The molecule has 0 heterocycles. The van der Waals surface area contributed by atoms with Crippen LogP contribution in [0.4, 0.5) is 0 Å². The lowest BCUT2D eigenvalue weighted by molar-refractivity contribution is -0.134. The number of ether oxygens (including phenoxy) is 1. The van der Waals surface area contributed by atoms with Gasteiger partial charge in [0.15, 0.2) is 5.78 Å². The van der Waals surface area contributed by atoms with Crippen molar-refractivity contribution in [3.05, 3.63) is 42.0 Å². The van der Waals surface area contributed by atoms with Crippen LogP contribution < -0.4 is 4.74 Å². The summed E-state index contributed by atoms with van der Waals surface area (Å²) in [4.78, 5) is 24.4. The second-order valence-electron chi connectivity index (χ2n) is 8.07. The molecule has 3 nitrogen and oxygen atoms in total. The largest absolute Gasteiger partial charge is 0.427 e. The first-order chi connectivity index (χ1) is 13.5. The fourth-order valence-electron chi connectivity index (χ4n) is 3.26. The Hall–Kier alpha value is -2.16. The number of rotatable bonds is 12. The van der Waals surface area contributed by atoms with Crippen LogP contribution in [0, 0.1) is 5.92 Å². The number of ketones is 1. The summed E-state index contributed by atoms with van der Waals surface area (Å²) in [5, 5.41) is 1.97. The highest BCUT2D eigenvalue weighted by molar-refractivity contribution is 6.00. The van der Waals surface area contributed by atoms with E-state index in [1.165, 1.54) is 25.7 Å². The summed E-state index contributed by atoms with van der Waals surface area (Å²) in [7, 11) is 0. The van der Waals surface area contributed by atoms with Crippen LogP contribution in [0.2, 0.25) is 0 Å². The first-order valence-electron chi connectivity index (χ1n) is 10.8. The number of Topliss-reactive ketones (excluding diaryl/α,β-unsaturated/α-hetero) is 1. The summed E-state index contributed by atoms with van der Waals surface area (Å²) in [6.07, 6.45) is 8.87. The summed E-state index contributed by atoms with van der Waals surface area (Å²) >= 11 is 0. The van der Waals surface area contributed by atoms with Crippen LogP contribution in [0.1, 0.15) is 88.9 Å². The van der Waals surface area contributed by atoms with Gasteiger partial charge in [-0.25, -0.2) is 0 Å². The van der Waals surface area contributed by atoms with Gasteiger partial charge in [0, 0.05) is 18.4 Å². The molecule has 0 N–H and O–H groups in total. The molecule has 28 heavy (non-hydrogen) atoms. The predicted octanol–water partition coefficient (Wildman–Crippen LogP) is 7.11. The zero-order valence-electron chi connectivity index (χ0n) is 17.6. The molecule has 0 aliphatic heterocycles. The Morgan fingerprint density at radius 2 is 1.54 bits per heavy atom. The van der Waals surface area contributed by atoms with Gasteiger partial charge in [0.1, 0.15) is 5.75 Å². The molecular formula is C25H34O3. The number of carbonyl (C=O) groups excluding carboxylic acids is 2. The predicted molar refractivity (Wildman–Crippen MR) is 116 cm³/mol. The molecule has 0 spiro atoms. The van der Waals surface area contributed by atoms with Crippen molar-refractivity contribution in [2.75, 3.05) is 0 Å². The Balaban J connectivity index is 1.89. The van der Waals surface area contributed by atoms with Crippen LogP contribution in [0.3, 0.4) is 0 Å². The third-order valence-corrected chi connectivity index (χ3v) is 5.05. The highest BCUT2D eigenvalue weighted by atomic mass is 16.5. The molecule has 0 aromatic heterocycles. The van der Waals surface area contributed by atoms with Crippen LogP contribution >= 0.6 is 0 Å². The van der Waals surface area contributed by atoms with Crippen molar-refractivity contribution < 1.29 is 14.3 Å². The van der Waals surface area contributed by atoms with E-state index in [1.807, 2.05) is 36.4 Å². The summed E-state index contributed by atoms with van der Waals surface area (Å²) in [5.41, 5.74) is 0.751. The summed E-state index contributed by atoms with van der Waals surface area (Å²) in [6.45, 7) is 6.46. The minimum Gasteiger partial charge on any atom is -0.427 e. The molecule has 0 bridgehead atoms. The number of hydrogen-bond acceptors (Lipinski definition) is 3. The van der Waals surface area contributed by atoms with Crippen molar-refractivity contribution in [3.63, 3.8) is 0 Å². The van der Waals surface area contributed by atoms with Crippen LogP contribution in [0.15, 0.2) is 36.4 Å². The number of esters is 1. The Bertz CT molecular complexity index is 776. The number of carbonyl (C=O) groups is 2. The normalized spacial score (nSPS) is 11.1. The van der Waals surface area contributed by atoms with Crippen LogP contribution in [0.25, 0.3) is 10.8 Å². The van der Waals surface area contributed by atoms with Crippen molar-refractivity contribution in [2.45, 2.75) is 78.6 Å². The minimum atomic E-state index is -0.171. The molecule has 2 aromatic rings. The third-order valence-electron chi connectivity index (χ3n) is 5.05. The number of unbranched alkanes of at least 4 members (excludes halogenated alkanes) is 5. The summed E-state index contributed by atoms with van der Waals surface area (Å²) < 4.78 is 5.49. The monoisotopic (exact) mass is 382 g/mol. The smallest absolute Gasteiger partial charge is 0.311 e. The molecule has 3 heteroatoms. The van der Waals surface area contributed by atoms with Crippen LogP contribution in [0.5, 0.6) is 5.75 Å². The number of fused-ring (bicyclic) bond motifs is 1. The van der Waals surface area contributed by atoms with Crippen molar-refractivity contribution in [2.24, 2.45) is 5.92 Å². The minimum absolute atomic E-state index is 0.171. The molecule has 152 valence electrons. The van der Waals surface area contributed by atoms with Gasteiger partial charge in [-0.1, -0.05) is 71.1 Å². The van der Waals surface area contributed by atoms with E-state index in [1.54, 1.807) is 0 Å². The average molecular weight is 383 g/mol. The topological polar surface area (TPSA) is 43.4 Å². The van der Waals surface area contributed by atoms with Gasteiger partial charge in [0.25, 0.3) is 0 Å². The molecule has 0 amide bonds. The molecule has 0 saturated carbocycles. The van der Waals surface area contributed by atoms with Crippen molar-refractivity contribution in [3.8, 4) is 5.75 Å². The molecular weight excluding hydrogens is 348 g/mol. The Kier molecular flexibility index (Phi) is 9.19. The maximum absolute atomic E-state index is 12.3. The maximum atomic E-state index is 12.3. The van der Waals surface area contributed by atoms with Crippen LogP contribution in [-0.2, 0) is 4.79 Å². The molecule has 2 rings (SSSR count). The number of hydrogen-bond donors (Lipinski definition) is 0. The molecule has 0 aliphatic carbocycles. The average Bonchev–Trinajstić information content (AvgIpc) is 2.68.